The van der Waals surface area contributed by atoms with Crippen molar-refractivity contribution in [3.8, 4) is 11.1 Å². The van der Waals surface area contributed by atoms with Crippen LogP contribution in [0, 0.1) is 18.7 Å². The molecule has 188 valence electrons. The number of hydrogen-bond donors (Lipinski definition) is 4. The fourth-order valence-electron chi connectivity index (χ4n) is 4.92. The Morgan fingerprint density at radius 1 is 0.972 bits per heavy atom. The molecule has 0 radical (unpaired) electrons. The summed E-state index contributed by atoms with van der Waals surface area (Å²) in [6, 6.07) is 16.2. The van der Waals surface area contributed by atoms with E-state index in [4.69, 9.17) is 0 Å². The molecule has 4 N–H and O–H groups in total. The zero-order valence-electron chi connectivity index (χ0n) is 20.6. The van der Waals surface area contributed by atoms with Gasteiger partial charge in [-0.3, -0.25) is 0 Å². The predicted molar refractivity (Wildman–Crippen MR) is 142 cm³/mol. The molecule has 3 aromatic rings. The van der Waals surface area contributed by atoms with Crippen molar-refractivity contribution in [1.29, 1.82) is 0 Å². The number of anilines is 3. The van der Waals surface area contributed by atoms with Crippen LogP contribution in [0.5, 0.6) is 0 Å². The van der Waals surface area contributed by atoms with E-state index in [2.05, 4.69) is 22.9 Å². The van der Waals surface area contributed by atoms with Gasteiger partial charge in [0.15, 0.2) is 0 Å². The topological polar surface area (TPSA) is 90.5 Å². The van der Waals surface area contributed by atoms with Gasteiger partial charge in [0.1, 0.15) is 5.82 Å². The summed E-state index contributed by atoms with van der Waals surface area (Å²) in [4.78, 5) is 24.7. The molecule has 0 saturated heterocycles. The van der Waals surface area contributed by atoms with Gasteiger partial charge in [-0.2, -0.15) is 0 Å². The van der Waals surface area contributed by atoms with Gasteiger partial charge in [0.25, 0.3) is 0 Å². The molecule has 7 heteroatoms. The van der Waals surface area contributed by atoms with E-state index in [1.807, 2.05) is 37.3 Å². The highest BCUT2D eigenvalue weighted by atomic mass is 19.1. The zero-order valence-corrected chi connectivity index (χ0v) is 20.6. The van der Waals surface area contributed by atoms with Gasteiger partial charge < -0.3 is 21.1 Å². The maximum atomic E-state index is 14.1. The van der Waals surface area contributed by atoms with Gasteiger partial charge in [-0.25, -0.2) is 14.0 Å². The van der Waals surface area contributed by atoms with E-state index in [1.54, 1.807) is 12.1 Å². The zero-order chi connectivity index (χ0) is 25.7. The molecular weight excluding hydrogens is 457 g/mol. The van der Waals surface area contributed by atoms with E-state index in [-0.39, 0.29) is 17.2 Å². The Labute approximate surface area is 210 Å². The molecule has 0 spiro atoms. The fraction of sp³-hybridized carbons (Fsp3) is 0.310. The van der Waals surface area contributed by atoms with Crippen molar-refractivity contribution in [2.24, 2.45) is 5.92 Å². The molecule has 36 heavy (non-hydrogen) atoms. The number of carbonyl (C=O) groups excluding carboxylic acids is 1. The summed E-state index contributed by atoms with van der Waals surface area (Å²) in [5.74, 6) is -1.12. The van der Waals surface area contributed by atoms with E-state index in [9.17, 15) is 19.1 Å². The lowest BCUT2D eigenvalue weighted by molar-refractivity contribution is 0.0697. The number of aromatic carboxylic acids is 1. The molecule has 0 aliphatic heterocycles. The smallest absolute Gasteiger partial charge is 0.336 e. The van der Waals surface area contributed by atoms with Crippen molar-refractivity contribution < 1.29 is 19.1 Å². The molecule has 0 heterocycles. The quantitative estimate of drug-likeness (QED) is 0.263. The second-order valence-electron chi connectivity index (χ2n) is 9.40. The van der Waals surface area contributed by atoms with Crippen LogP contribution in [0.25, 0.3) is 11.1 Å². The number of nitrogens with one attached hydrogen (secondary N) is 3. The van der Waals surface area contributed by atoms with E-state index >= 15 is 0 Å². The van der Waals surface area contributed by atoms with E-state index < -0.39 is 17.8 Å². The first-order valence-electron chi connectivity index (χ1n) is 12.4. The van der Waals surface area contributed by atoms with E-state index in [0.717, 1.165) is 23.7 Å². The fourth-order valence-corrected chi connectivity index (χ4v) is 4.92. The van der Waals surface area contributed by atoms with Crippen LogP contribution in [0.1, 0.15) is 54.9 Å². The minimum absolute atomic E-state index is 0.00967. The maximum absolute atomic E-state index is 14.1. The van der Waals surface area contributed by atoms with Crippen molar-refractivity contribution in [2.75, 3.05) is 16.0 Å². The third-order valence-electron chi connectivity index (χ3n) is 6.85. The first kappa shape index (κ1) is 25.2. The number of halogens is 1. The summed E-state index contributed by atoms with van der Waals surface area (Å²) >= 11 is 0. The molecule has 6 nitrogen and oxygen atoms in total. The Morgan fingerprint density at radius 2 is 1.69 bits per heavy atom. The Morgan fingerprint density at radius 3 is 2.36 bits per heavy atom. The van der Waals surface area contributed by atoms with Gasteiger partial charge >= 0.3 is 12.0 Å². The number of urea groups is 1. The number of rotatable bonds is 8. The number of carboxylic acids is 1. The van der Waals surface area contributed by atoms with Crippen molar-refractivity contribution in [3.05, 3.63) is 77.6 Å². The summed E-state index contributed by atoms with van der Waals surface area (Å²) in [5.41, 5.74) is 3.71. The van der Waals surface area contributed by atoms with Crippen LogP contribution in [-0.4, -0.2) is 23.1 Å². The molecule has 2 amide bonds. The van der Waals surface area contributed by atoms with Gasteiger partial charge in [-0.1, -0.05) is 43.5 Å². The number of amides is 2. The van der Waals surface area contributed by atoms with Crippen molar-refractivity contribution in [3.63, 3.8) is 0 Å². The molecule has 1 atom stereocenters. The molecule has 1 fully saturated rings. The lowest BCUT2D eigenvalue weighted by Gasteiger charge is -2.26. The first-order chi connectivity index (χ1) is 17.3. The third-order valence-corrected chi connectivity index (χ3v) is 6.85. The van der Waals surface area contributed by atoms with Crippen LogP contribution in [0.3, 0.4) is 0 Å². The summed E-state index contributed by atoms with van der Waals surface area (Å²) in [7, 11) is 0. The highest BCUT2D eigenvalue weighted by Crippen LogP contribution is 2.35. The van der Waals surface area contributed by atoms with Crippen molar-refractivity contribution in [2.45, 2.75) is 52.0 Å². The summed E-state index contributed by atoms with van der Waals surface area (Å²) in [6.45, 7) is 4.12. The molecule has 1 saturated carbocycles. The summed E-state index contributed by atoms with van der Waals surface area (Å²) < 4.78 is 14.1. The Kier molecular flexibility index (Phi) is 7.88. The lowest BCUT2D eigenvalue weighted by atomic mass is 9.95. The highest BCUT2D eigenvalue weighted by Gasteiger charge is 2.25. The maximum Gasteiger partial charge on any atom is 0.336 e. The van der Waals surface area contributed by atoms with Crippen LogP contribution in [0.2, 0.25) is 0 Å². The minimum atomic E-state index is -1.15. The third kappa shape index (κ3) is 6.03. The molecule has 4 rings (SSSR count). The lowest BCUT2D eigenvalue weighted by Crippen LogP contribution is -2.28. The van der Waals surface area contributed by atoms with Crippen molar-refractivity contribution >= 4 is 29.1 Å². The van der Waals surface area contributed by atoms with Crippen LogP contribution < -0.4 is 16.0 Å². The summed E-state index contributed by atoms with van der Waals surface area (Å²) in [5, 5.41) is 19.0. The summed E-state index contributed by atoms with van der Waals surface area (Å²) in [6.07, 6.45) is 5.73. The van der Waals surface area contributed by atoms with Gasteiger partial charge in [0.2, 0.25) is 0 Å². The van der Waals surface area contributed by atoms with E-state index in [1.165, 1.54) is 37.8 Å². The largest absolute Gasteiger partial charge is 0.478 e. The number of carboxylic acid groups (broad SMARTS) is 1. The number of hydrogen-bond acceptors (Lipinski definition) is 3. The number of benzene rings is 3. The van der Waals surface area contributed by atoms with Crippen LogP contribution >= 0.6 is 0 Å². The van der Waals surface area contributed by atoms with Crippen LogP contribution in [0.4, 0.5) is 26.2 Å². The van der Waals surface area contributed by atoms with Gasteiger partial charge in [-0.15, -0.1) is 0 Å². The van der Waals surface area contributed by atoms with E-state index in [0.29, 0.717) is 22.9 Å². The molecule has 0 bridgehead atoms. The molecule has 3 aromatic carbocycles. The Bertz CT molecular complexity index is 1240. The van der Waals surface area contributed by atoms with Gasteiger partial charge in [0, 0.05) is 11.7 Å². The van der Waals surface area contributed by atoms with Gasteiger partial charge in [-0.05, 0) is 85.7 Å². The highest BCUT2D eigenvalue weighted by molar-refractivity contribution is 6.03. The Hall–Kier alpha value is -3.87. The average Bonchev–Trinajstić information content (AvgIpc) is 3.39. The normalized spacial score (nSPS) is 14.3. The molecule has 1 unspecified atom stereocenters. The number of carbonyl (C=O) groups is 2. The van der Waals surface area contributed by atoms with Crippen LogP contribution in [-0.2, 0) is 0 Å². The predicted octanol–water partition coefficient (Wildman–Crippen LogP) is 7.52. The first-order valence-corrected chi connectivity index (χ1v) is 12.4. The standard InChI is InChI=1S/C29H32FN3O3/c1-3-25(19-6-4-5-7-19)32-26-15-10-20(24-17-21(30)11-14-23(24)28(34)35)16-27(26)33-29(36)31-22-12-8-18(2)9-13-22/h8-17,19,25,32H,3-7H2,1-2H3,(H,34,35)(H2,31,33,36). The number of aryl methyl sites for hydroxylation is 1. The van der Waals surface area contributed by atoms with Crippen LogP contribution in [0.15, 0.2) is 60.7 Å². The Balaban J connectivity index is 1.68. The monoisotopic (exact) mass is 489 g/mol. The molecule has 0 aromatic heterocycles. The van der Waals surface area contributed by atoms with Gasteiger partial charge in [0.05, 0.1) is 16.9 Å². The SMILES string of the molecule is CCC(Nc1ccc(-c2cc(F)ccc2C(=O)O)cc1NC(=O)Nc1ccc(C)cc1)C1CCCC1. The minimum Gasteiger partial charge on any atom is -0.478 e. The second-order valence-corrected chi connectivity index (χ2v) is 9.40. The molecular formula is C29H32FN3O3. The average molecular weight is 490 g/mol. The van der Waals surface area contributed by atoms with Crippen molar-refractivity contribution in [1.82, 2.24) is 0 Å². The second kappa shape index (κ2) is 11.2. The molecule has 1 aliphatic carbocycles. The molecule has 1 aliphatic rings.